The van der Waals surface area contributed by atoms with Crippen LogP contribution in [0.4, 0.5) is 0 Å². The summed E-state index contributed by atoms with van der Waals surface area (Å²) >= 11 is 5.91. The molecule has 2 rings (SSSR count). The number of hydrogen-bond acceptors (Lipinski definition) is 2. The quantitative estimate of drug-likeness (QED) is 0.671. The van der Waals surface area contributed by atoms with Crippen molar-refractivity contribution in [3.63, 3.8) is 0 Å². The summed E-state index contributed by atoms with van der Waals surface area (Å²) in [5, 5.41) is 0.697. The van der Waals surface area contributed by atoms with Gasteiger partial charge < -0.3 is 4.79 Å². The number of rotatable bonds is 7. The van der Waals surface area contributed by atoms with Crippen LogP contribution in [0.3, 0.4) is 0 Å². The molecule has 0 N–H and O–H groups in total. The van der Waals surface area contributed by atoms with Crippen molar-refractivity contribution < 1.29 is 9.59 Å². The maximum atomic E-state index is 11.6. The molecule has 0 spiro atoms. The summed E-state index contributed by atoms with van der Waals surface area (Å²) in [4.78, 5) is 22.7. The lowest BCUT2D eigenvalue weighted by Gasteiger charge is -2.27. The molecule has 23 heavy (non-hydrogen) atoms. The van der Waals surface area contributed by atoms with E-state index in [1.54, 1.807) is 0 Å². The Hall–Kier alpha value is -1.93. The van der Waals surface area contributed by atoms with Crippen LogP contribution in [0, 0.1) is 5.92 Å². The molecule has 2 nitrogen and oxygen atoms in total. The second kappa shape index (κ2) is 7.56. The van der Waals surface area contributed by atoms with Crippen molar-refractivity contribution in [1.29, 1.82) is 0 Å². The molecule has 0 fully saturated rings. The molecule has 0 bridgehead atoms. The number of carbonyl (C=O) groups is 1. The Morgan fingerprint density at radius 2 is 1.57 bits per heavy atom. The molecule has 0 aliphatic carbocycles. The number of aldehydes is 1. The third-order valence-corrected chi connectivity index (χ3v) is 4.25. The first-order valence-corrected chi connectivity index (χ1v) is 8.08. The minimum absolute atomic E-state index is 0.162. The maximum Gasteiger partial charge on any atom is 0.210 e. The average molecular weight is 328 g/mol. The minimum atomic E-state index is -0.853. The molecule has 1 radical (unpaired) electrons. The van der Waals surface area contributed by atoms with Gasteiger partial charge in [0.05, 0.1) is 5.41 Å². The van der Waals surface area contributed by atoms with Gasteiger partial charge in [-0.3, -0.25) is 4.79 Å². The van der Waals surface area contributed by atoms with Gasteiger partial charge in [-0.05, 0) is 41.2 Å². The lowest BCUT2D eigenvalue weighted by atomic mass is 9.73. The zero-order valence-corrected chi connectivity index (χ0v) is 14.1. The van der Waals surface area contributed by atoms with E-state index in [4.69, 9.17) is 11.6 Å². The molecule has 0 aliphatic rings. The lowest BCUT2D eigenvalue weighted by molar-refractivity contribution is -0.108. The highest BCUT2D eigenvalue weighted by Gasteiger charge is 2.33. The highest BCUT2D eigenvalue weighted by molar-refractivity contribution is 6.30. The van der Waals surface area contributed by atoms with Gasteiger partial charge >= 0.3 is 0 Å². The fourth-order valence-electron chi connectivity index (χ4n) is 2.92. The average Bonchev–Trinajstić information content (AvgIpc) is 2.55. The van der Waals surface area contributed by atoms with E-state index < -0.39 is 5.41 Å². The third-order valence-electron chi connectivity index (χ3n) is 4.00. The van der Waals surface area contributed by atoms with Crippen molar-refractivity contribution in [2.45, 2.75) is 32.1 Å². The highest BCUT2D eigenvalue weighted by atomic mass is 35.5. The molecule has 0 heterocycles. The van der Waals surface area contributed by atoms with Crippen LogP contribution >= 0.6 is 11.6 Å². The van der Waals surface area contributed by atoms with Gasteiger partial charge in [0, 0.05) is 11.4 Å². The van der Waals surface area contributed by atoms with E-state index in [9.17, 15) is 9.59 Å². The van der Waals surface area contributed by atoms with Crippen LogP contribution < -0.4 is 0 Å². The molecule has 1 atom stereocenters. The fraction of sp³-hybridized carbons (Fsp3) is 0.300. The number of halogens is 1. The zero-order valence-electron chi connectivity index (χ0n) is 13.4. The standard InChI is InChI=1S/C20H20ClO2/c1-15(2)13-20(14-23,11-12-22)18-7-3-16(4-8-18)17-5-9-19(21)10-6-17/h3-10,12,15H,11,13H2,1-2H3. The monoisotopic (exact) mass is 327 g/mol. The first-order valence-electron chi connectivity index (χ1n) is 7.70. The fourth-order valence-corrected chi connectivity index (χ4v) is 3.05. The molecular formula is C20H20ClO2. The molecule has 0 saturated carbocycles. The molecule has 0 aliphatic heterocycles. The van der Waals surface area contributed by atoms with Gasteiger partial charge in [0.25, 0.3) is 0 Å². The Labute approximate surface area is 142 Å². The van der Waals surface area contributed by atoms with Crippen LogP contribution in [0.15, 0.2) is 48.5 Å². The van der Waals surface area contributed by atoms with E-state index in [0.717, 1.165) is 23.0 Å². The Morgan fingerprint density at radius 1 is 1.04 bits per heavy atom. The summed E-state index contributed by atoms with van der Waals surface area (Å²) in [5.74, 6) is 0.298. The molecule has 0 amide bonds. The van der Waals surface area contributed by atoms with E-state index in [1.807, 2.05) is 62.4 Å². The van der Waals surface area contributed by atoms with E-state index >= 15 is 0 Å². The Bertz CT molecular complexity index is 659. The van der Waals surface area contributed by atoms with Gasteiger partial charge in [-0.25, -0.2) is 0 Å². The first kappa shape index (κ1) is 17.4. The van der Waals surface area contributed by atoms with Crippen molar-refractivity contribution in [2.24, 2.45) is 5.92 Å². The Morgan fingerprint density at radius 3 is 2.00 bits per heavy atom. The predicted molar refractivity (Wildman–Crippen MR) is 94.4 cm³/mol. The van der Waals surface area contributed by atoms with Gasteiger partial charge in [0.2, 0.25) is 6.29 Å². The molecule has 0 saturated heterocycles. The predicted octanol–water partition coefficient (Wildman–Crippen LogP) is 4.99. The SMILES string of the molecule is CC(C)CC([C]=O)(CC=O)c1ccc(-c2ccc(Cl)cc2)cc1. The first-order chi connectivity index (χ1) is 11.0. The summed E-state index contributed by atoms with van der Waals surface area (Å²) in [6.07, 6.45) is 3.71. The normalized spacial score (nSPS) is 13.6. The maximum absolute atomic E-state index is 11.6. The number of hydrogen-bond donors (Lipinski definition) is 0. The van der Waals surface area contributed by atoms with Crippen molar-refractivity contribution in [2.75, 3.05) is 0 Å². The van der Waals surface area contributed by atoms with Crippen LogP contribution in [-0.2, 0) is 15.0 Å². The third kappa shape index (κ3) is 4.08. The van der Waals surface area contributed by atoms with Crippen molar-refractivity contribution in [3.05, 3.63) is 59.1 Å². The van der Waals surface area contributed by atoms with E-state index in [0.29, 0.717) is 17.4 Å². The second-order valence-electron chi connectivity index (χ2n) is 6.24. The Balaban J connectivity index is 2.36. The molecule has 3 heteroatoms. The number of benzene rings is 2. The number of carbonyl (C=O) groups excluding carboxylic acids is 2. The molecule has 2 aromatic rings. The van der Waals surface area contributed by atoms with Crippen LogP contribution in [0.1, 0.15) is 32.3 Å². The van der Waals surface area contributed by atoms with Crippen molar-refractivity contribution in [1.82, 2.24) is 0 Å². The molecule has 119 valence electrons. The molecular weight excluding hydrogens is 308 g/mol. The lowest BCUT2D eigenvalue weighted by Crippen LogP contribution is -2.30. The van der Waals surface area contributed by atoms with E-state index in [-0.39, 0.29) is 6.42 Å². The van der Waals surface area contributed by atoms with E-state index in [1.165, 1.54) is 0 Å². The molecule has 0 aromatic heterocycles. The van der Waals surface area contributed by atoms with Gasteiger partial charge in [-0.15, -0.1) is 0 Å². The van der Waals surface area contributed by atoms with Gasteiger partial charge in [0.15, 0.2) is 0 Å². The summed E-state index contributed by atoms with van der Waals surface area (Å²) in [6, 6.07) is 15.4. The zero-order chi connectivity index (χ0) is 16.9. The summed E-state index contributed by atoms with van der Waals surface area (Å²) < 4.78 is 0. The van der Waals surface area contributed by atoms with Gasteiger partial charge in [-0.1, -0.05) is 61.8 Å². The topological polar surface area (TPSA) is 34.1 Å². The van der Waals surface area contributed by atoms with Crippen molar-refractivity contribution in [3.8, 4) is 11.1 Å². The van der Waals surface area contributed by atoms with Crippen LogP contribution in [-0.4, -0.2) is 12.6 Å². The van der Waals surface area contributed by atoms with Crippen LogP contribution in [0.5, 0.6) is 0 Å². The van der Waals surface area contributed by atoms with E-state index in [2.05, 4.69) is 6.29 Å². The highest BCUT2D eigenvalue weighted by Crippen LogP contribution is 2.33. The minimum Gasteiger partial charge on any atom is -0.303 e. The summed E-state index contributed by atoms with van der Waals surface area (Å²) in [6.45, 7) is 4.08. The summed E-state index contributed by atoms with van der Waals surface area (Å²) in [5.41, 5.74) is 2.09. The smallest absolute Gasteiger partial charge is 0.210 e. The van der Waals surface area contributed by atoms with Crippen LogP contribution in [0.2, 0.25) is 5.02 Å². The largest absolute Gasteiger partial charge is 0.303 e. The van der Waals surface area contributed by atoms with Crippen LogP contribution in [0.25, 0.3) is 11.1 Å². The second-order valence-corrected chi connectivity index (χ2v) is 6.67. The summed E-state index contributed by atoms with van der Waals surface area (Å²) in [7, 11) is 0. The molecule has 1 unspecified atom stereocenters. The Kier molecular flexibility index (Phi) is 5.73. The van der Waals surface area contributed by atoms with Gasteiger partial charge in [0.1, 0.15) is 6.29 Å². The molecule has 2 aromatic carbocycles. The van der Waals surface area contributed by atoms with Gasteiger partial charge in [-0.2, -0.15) is 0 Å². The van der Waals surface area contributed by atoms with Crippen molar-refractivity contribution >= 4 is 24.2 Å².